The van der Waals surface area contributed by atoms with Gasteiger partial charge in [0.1, 0.15) is 5.82 Å². The van der Waals surface area contributed by atoms with Crippen molar-refractivity contribution in [1.82, 2.24) is 5.32 Å². The van der Waals surface area contributed by atoms with Crippen LogP contribution in [0.4, 0.5) is 13.2 Å². The average Bonchev–Trinajstić information content (AvgIpc) is 2.50. The zero-order chi connectivity index (χ0) is 16.1. The molecule has 0 aliphatic heterocycles. The zero-order valence-corrected chi connectivity index (χ0v) is 12.2. The first-order valence-electron chi connectivity index (χ1n) is 7.06. The van der Waals surface area contributed by atoms with Gasteiger partial charge in [-0.1, -0.05) is 30.3 Å². The van der Waals surface area contributed by atoms with Crippen LogP contribution < -0.4 is 5.32 Å². The van der Waals surface area contributed by atoms with Gasteiger partial charge in [0, 0.05) is 24.2 Å². The molecule has 2 aromatic rings. The van der Waals surface area contributed by atoms with Crippen molar-refractivity contribution >= 4 is 0 Å². The Hall–Kier alpha value is -1.85. The van der Waals surface area contributed by atoms with Gasteiger partial charge in [0.05, 0.1) is 6.10 Å². The highest BCUT2D eigenvalue weighted by molar-refractivity contribution is 5.20. The fraction of sp³-hybridized carbons (Fsp3) is 0.294. The molecule has 0 aliphatic rings. The number of halogens is 3. The Morgan fingerprint density at radius 3 is 2.32 bits per heavy atom. The van der Waals surface area contributed by atoms with Gasteiger partial charge in [-0.15, -0.1) is 0 Å². The molecule has 0 bridgehead atoms. The molecule has 0 aromatic heterocycles. The van der Waals surface area contributed by atoms with Crippen LogP contribution in [0.2, 0.25) is 0 Å². The summed E-state index contributed by atoms with van der Waals surface area (Å²) in [6.07, 6.45) is -0.217. The van der Waals surface area contributed by atoms with E-state index in [1.807, 2.05) is 30.3 Å². The fourth-order valence-corrected chi connectivity index (χ4v) is 2.14. The molecule has 0 heterocycles. The number of hydrogen-bond donors (Lipinski definition) is 2. The average molecular weight is 309 g/mol. The first-order chi connectivity index (χ1) is 10.5. The molecule has 0 radical (unpaired) electrons. The van der Waals surface area contributed by atoms with Crippen LogP contribution in [-0.4, -0.2) is 17.3 Å². The topological polar surface area (TPSA) is 32.3 Å². The standard InChI is InChI=1S/C17H18F3NO/c1-11(17(22)7-12-5-3-2-4-6-12)21-10-13-8-15(19)16(20)9-14(13)18/h2-6,8-9,11,17,21-22H,7,10H2,1H3. The van der Waals surface area contributed by atoms with Gasteiger partial charge >= 0.3 is 0 Å². The minimum atomic E-state index is -1.21. The molecule has 118 valence electrons. The lowest BCUT2D eigenvalue weighted by atomic mass is 10.0. The summed E-state index contributed by atoms with van der Waals surface area (Å²) >= 11 is 0. The van der Waals surface area contributed by atoms with Crippen LogP contribution in [0.15, 0.2) is 42.5 Å². The maximum absolute atomic E-state index is 13.5. The van der Waals surface area contributed by atoms with Crippen LogP contribution in [0, 0.1) is 17.5 Å². The van der Waals surface area contributed by atoms with Gasteiger partial charge in [0.2, 0.25) is 0 Å². The minimum absolute atomic E-state index is 0.00997. The maximum atomic E-state index is 13.5. The Labute approximate surface area is 127 Å². The molecular weight excluding hydrogens is 291 g/mol. The van der Waals surface area contributed by atoms with E-state index < -0.39 is 23.6 Å². The van der Waals surface area contributed by atoms with E-state index in [1.165, 1.54) is 0 Å². The van der Waals surface area contributed by atoms with Crippen molar-refractivity contribution < 1.29 is 18.3 Å². The quantitative estimate of drug-likeness (QED) is 0.803. The lowest BCUT2D eigenvalue weighted by Gasteiger charge is -2.20. The van der Waals surface area contributed by atoms with Gasteiger partial charge in [-0.2, -0.15) is 0 Å². The molecule has 0 saturated carbocycles. The van der Waals surface area contributed by atoms with E-state index >= 15 is 0 Å². The molecule has 2 nitrogen and oxygen atoms in total. The zero-order valence-electron chi connectivity index (χ0n) is 12.2. The van der Waals surface area contributed by atoms with Crippen molar-refractivity contribution in [2.45, 2.75) is 32.0 Å². The van der Waals surface area contributed by atoms with Gasteiger partial charge in [-0.3, -0.25) is 0 Å². The van der Waals surface area contributed by atoms with Crippen LogP contribution in [0.25, 0.3) is 0 Å². The summed E-state index contributed by atoms with van der Waals surface area (Å²) in [5.41, 5.74) is 1.01. The van der Waals surface area contributed by atoms with Crippen molar-refractivity contribution in [3.05, 3.63) is 71.0 Å². The van der Waals surface area contributed by atoms with Gasteiger partial charge in [-0.25, -0.2) is 13.2 Å². The van der Waals surface area contributed by atoms with E-state index in [4.69, 9.17) is 0 Å². The number of aliphatic hydroxyl groups is 1. The molecule has 22 heavy (non-hydrogen) atoms. The van der Waals surface area contributed by atoms with Gasteiger partial charge in [-0.05, 0) is 25.0 Å². The monoisotopic (exact) mass is 309 g/mol. The normalized spacial score (nSPS) is 13.9. The molecule has 2 rings (SSSR count). The summed E-state index contributed by atoms with van der Waals surface area (Å²) in [4.78, 5) is 0. The van der Waals surface area contributed by atoms with E-state index in [9.17, 15) is 18.3 Å². The molecular formula is C17H18F3NO. The Morgan fingerprint density at radius 2 is 1.64 bits per heavy atom. The molecule has 0 amide bonds. The Bertz CT molecular complexity index is 619. The third-order valence-corrected chi connectivity index (χ3v) is 3.57. The van der Waals surface area contributed by atoms with Crippen molar-refractivity contribution in [2.24, 2.45) is 0 Å². The molecule has 0 aliphatic carbocycles. The SMILES string of the molecule is CC(NCc1cc(F)c(F)cc1F)C(O)Cc1ccccc1. The minimum Gasteiger partial charge on any atom is -0.391 e. The highest BCUT2D eigenvalue weighted by atomic mass is 19.2. The highest BCUT2D eigenvalue weighted by Gasteiger charge is 2.16. The van der Waals surface area contributed by atoms with Crippen molar-refractivity contribution in [1.29, 1.82) is 0 Å². The van der Waals surface area contributed by atoms with Crippen molar-refractivity contribution in [3.63, 3.8) is 0 Å². The Morgan fingerprint density at radius 1 is 1.00 bits per heavy atom. The second kappa shape index (κ2) is 7.42. The molecule has 0 spiro atoms. The first-order valence-corrected chi connectivity index (χ1v) is 7.06. The van der Waals surface area contributed by atoms with Crippen LogP contribution in [0.5, 0.6) is 0 Å². The first kappa shape index (κ1) is 16.5. The number of benzene rings is 2. The fourth-order valence-electron chi connectivity index (χ4n) is 2.14. The van der Waals surface area contributed by atoms with E-state index in [-0.39, 0.29) is 18.2 Å². The number of aliphatic hydroxyl groups excluding tert-OH is 1. The van der Waals surface area contributed by atoms with Crippen LogP contribution in [0.1, 0.15) is 18.1 Å². The van der Waals surface area contributed by atoms with Gasteiger partial charge in [0.15, 0.2) is 11.6 Å². The summed E-state index contributed by atoms with van der Waals surface area (Å²) in [7, 11) is 0. The maximum Gasteiger partial charge on any atom is 0.161 e. The van der Waals surface area contributed by atoms with Gasteiger partial charge < -0.3 is 10.4 Å². The summed E-state index contributed by atoms with van der Waals surface area (Å²) in [6, 6.07) is 10.5. The highest BCUT2D eigenvalue weighted by Crippen LogP contribution is 2.14. The predicted molar refractivity (Wildman–Crippen MR) is 78.8 cm³/mol. The molecule has 2 aromatic carbocycles. The van der Waals surface area contributed by atoms with E-state index in [1.54, 1.807) is 6.92 Å². The molecule has 2 N–H and O–H groups in total. The van der Waals surface area contributed by atoms with Crippen molar-refractivity contribution in [3.8, 4) is 0 Å². The van der Waals surface area contributed by atoms with Gasteiger partial charge in [0.25, 0.3) is 0 Å². The molecule has 2 atom stereocenters. The predicted octanol–water partition coefficient (Wildman–Crippen LogP) is 3.19. The molecule has 2 unspecified atom stereocenters. The van der Waals surface area contributed by atoms with Crippen LogP contribution in [0.3, 0.4) is 0 Å². The lowest BCUT2D eigenvalue weighted by Crippen LogP contribution is -2.38. The third kappa shape index (κ3) is 4.32. The van der Waals surface area contributed by atoms with Crippen molar-refractivity contribution in [2.75, 3.05) is 0 Å². The van der Waals surface area contributed by atoms with Crippen LogP contribution >= 0.6 is 0 Å². The number of rotatable bonds is 6. The third-order valence-electron chi connectivity index (χ3n) is 3.57. The largest absolute Gasteiger partial charge is 0.391 e. The second-order valence-corrected chi connectivity index (χ2v) is 5.28. The van der Waals surface area contributed by atoms with E-state index in [0.29, 0.717) is 12.5 Å². The second-order valence-electron chi connectivity index (χ2n) is 5.28. The van der Waals surface area contributed by atoms with E-state index in [0.717, 1.165) is 11.6 Å². The Kier molecular flexibility index (Phi) is 5.57. The smallest absolute Gasteiger partial charge is 0.161 e. The molecule has 5 heteroatoms. The van der Waals surface area contributed by atoms with E-state index in [2.05, 4.69) is 5.32 Å². The van der Waals surface area contributed by atoms with Crippen LogP contribution in [-0.2, 0) is 13.0 Å². The summed E-state index contributed by atoms with van der Waals surface area (Å²) in [5.74, 6) is -3.11. The number of hydrogen-bond acceptors (Lipinski definition) is 2. The Balaban J connectivity index is 1.92. The summed E-state index contributed by atoms with van der Waals surface area (Å²) < 4.78 is 39.5. The lowest BCUT2D eigenvalue weighted by molar-refractivity contribution is 0.133. The molecule has 0 saturated heterocycles. The summed E-state index contributed by atoms with van der Waals surface area (Å²) in [5, 5.41) is 13.1. The summed E-state index contributed by atoms with van der Waals surface area (Å²) in [6.45, 7) is 1.77. The molecule has 0 fully saturated rings. The number of nitrogens with one attached hydrogen (secondary N) is 1.